The summed E-state index contributed by atoms with van der Waals surface area (Å²) in [7, 11) is 0. The molecule has 0 aliphatic heterocycles. The maximum Gasteiger partial charge on any atom is 0.256 e. The number of hydrogen-bond donors (Lipinski definition) is 2. The maximum atomic E-state index is 13.5. The molecule has 0 atom stereocenters. The number of anilines is 2. The fourth-order valence-corrected chi connectivity index (χ4v) is 1.88. The third-order valence-electron chi connectivity index (χ3n) is 2.56. The first-order valence-electron chi connectivity index (χ1n) is 5.44. The Kier molecular flexibility index (Phi) is 4.06. The first-order chi connectivity index (χ1) is 9.36. The van der Waals surface area contributed by atoms with Gasteiger partial charge in [0.25, 0.3) is 5.91 Å². The molecule has 8 heteroatoms. The Morgan fingerprint density at radius 1 is 1.30 bits per heavy atom. The van der Waals surface area contributed by atoms with Crippen LogP contribution in [0.5, 0.6) is 0 Å². The van der Waals surface area contributed by atoms with Crippen LogP contribution < -0.4 is 11.1 Å². The first-order valence-corrected chi connectivity index (χ1v) is 6.19. The zero-order valence-corrected chi connectivity index (χ0v) is 11.8. The summed E-state index contributed by atoms with van der Waals surface area (Å²) in [4.78, 5) is 19.4. The largest absolute Gasteiger partial charge is 0.398 e. The molecule has 2 aromatic rings. The van der Waals surface area contributed by atoms with Crippen LogP contribution in [0.4, 0.5) is 15.9 Å². The predicted octanol–water partition coefficient (Wildman–Crippen LogP) is 3.07. The van der Waals surface area contributed by atoms with Crippen LogP contribution in [0, 0.1) is 12.7 Å². The number of rotatable bonds is 2. The Morgan fingerprint density at radius 3 is 2.60 bits per heavy atom. The molecule has 20 heavy (non-hydrogen) atoms. The van der Waals surface area contributed by atoms with Crippen molar-refractivity contribution in [2.24, 2.45) is 0 Å². The van der Waals surface area contributed by atoms with Crippen molar-refractivity contribution in [3.63, 3.8) is 0 Å². The number of carbonyl (C=O) groups is 1. The van der Waals surface area contributed by atoms with Gasteiger partial charge in [-0.25, -0.2) is 14.4 Å². The number of carbonyl (C=O) groups excluding carboxylic acids is 1. The van der Waals surface area contributed by atoms with Gasteiger partial charge >= 0.3 is 0 Å². The number of hydrogen-bond acceptors (Lipinski definition) is 4. The minimum atomic E-state index is -0.582. The standard InChI is InChI=1S/C12H9Cl2FN4O/c1-5-7(15)2-6(3-8(5)16)11(20)18-10-4-9(13)17-12(14)19-10/h2-4H,16H2,1H3,(H,17,18,19,20). The van der Waals surface area contributed by atoms with Gasteiger partial charge in [-0.3, -0.25) is 4.79 Å². The van der Waals surface area contributed by atoms with E-state index in [1.165, 1.54) is 19.1 Å². The fourth-order valence-electron chi connectivity index (χ4n) is 1.47. The van der Waals surface area contributed by atoms with E-state index in [1.54, 1.807) is 0 Å². The molecular weight excluding hydrogens is 306 g/mol. The van der Waals surface area contributed by atoms with Crippen LogP contribution in [0.1, 0.15) is 15.9 Å². The second-order valence-corrected chi connectivity index (χ2v) is 4.70. The lowest BCUT2D eigenvalue weighted by molar-refractivity contribution is 0.102. The second-order valence-electron chi connectivity index (χ2n) is 3.97. The lowest BCUT2D eigenvalue weighted by Crippen LogP contribution is -2.14. The second kappa shape index (κ2) is 5.60. The topological polar surface area (TPSA) is 80.9 Å². The van der Waals surface area contributed by atoms with Crippen molar-refractivity contribution >= 4 is 40.6 Å². The number of amides is 1. The Bertz CT molecular complexity index is 650. The van der Waals surface area contributed by atoms with E-state index < -0.39 is 11.7 Å². The van der Waals surface area contributed by atoms with E-state index >= 15 is 0 Å². The van der Waals surface area contributed by atoms with Crippen LogP contribution in [0.25, 0.3) is 0 Å². The van der Waals surface area contributed by atoms with Gasteiger partial charge in [0.15, 0.2) is 0 Å². The van der Waals surface area contributed by atoms with Gasteiger partial charge in [-0.1, -0.05) is 11.6 Å². The number of aromatic nitrogens is 2. The number of nitrogen functional groups attached to an aromatic ring is 1. The van der Waals surface area contributed by atoms with Crippen molar-refractivity contribution in [1.29, 1.82) is 0 Å². The van der Waals surface area contributed by atoms with Crippen molar-refractivity contribution in [3.05, 3.63) is 45.6 Å². The van der Waals surface area contributed by atoms with Gasteiger partial charge in [0.2, 0.25) is 5.28 Å². The average Bonchev–Trinajstić information content (AvgIpc) is 2.33. The van der Waals surface area contributed by atoms with Crippen LogP contribution in [0.2, 0.25) is 10.4 Å². The van der Waals surface area contributed by atoms with E-state index in [9.17, 15) is 9.18 Å². The summed E-state index contributed by atoms with van der Waals surface area (Å²) in [6.07, 6.45) is 0. The van der Waals surface area contributed by atoms with Crippen LogP contribution in [0.3, 0.4) is 0 Å². The smallest absolute Gasteiger partial charge is 0.256 e. The quantitative estimate of drug-likeness (QED) is 0.507. The molecule has 104 valence electrons. The normalized spacial score (nSPS) is 10.4. The molecule has 0 aliphatic rings. The lowest BCUT2D eigenvalue weighted by Gasteiger charge is -2.08. The fraction of sp³-hybridized carbons (Fsp3) is 0.0833. The minimum Gasteiger partial charge on any atom is -0.398 e. The molecular formula is C12H9Cl2FN4O. The maximum absolute atomic E-state index is 13.5. The first kappa shape index (κ1) is 14.5. The molecule has 3 N–H and O–H groups in total. The van der Waals surface area contributed by atoms with Crippen LogP contribution in [-0.2, 0) is 0 Å². The summed E-state index contributed by atoms with van der Waals surface area (Å²) in [6.45, 7) is 1.52. The van der Waals surface area contributed by atoms with Crippen LogP contribution in [0.15, 0.2) is 18.2 Å². The van der Waals surface area contributed by atoms with E-state index in [2.05, 4.69) is 15.3 Å². The van der Waals surface area contributed by atoms with Crippen molar-refractivity contribution in [3.8, 4) is 0 Å². The highest BCUT2D eigenvalue weighted by Gasteiger charge is 2.12. The van der Waals surface area contributed by atoms with Gasteiger partial charge in [0, 0.05) is 22.9 Å². The molecule has 0 radical (unpaired) electrons. The molecule has 0 unspecified atom stereocenters. The van der Waals surface area contributed by atoms with Gasteiger partial charge in [0.05, 0.1) is 0 Å². The molecule has 5 nitrogen and oxygen atoms in total. The summed E-state index contributed by atoms with van der Waals surface area (Å²) < 4.78 is 13.5. The van der Waals surface area contributed by atoms with Gasteiger partial charge in [-0.15, -0.1) is 0 Å². The van der Waals surface area contributed by atoms with Crippen LogP contribution in [-0.4, -0.2) is 15.9 Å². The van der Waals surface area contributed by atoms with E-state index in [-0.39, 0.29) is 33.1 Å². The molecule has 1 amide bonds. The zero-order chi connectivity index (χ0) is 14.9. The summed E-state index contributed by atoms with van der Waals surface area (Å²) in [6, 6.07) is 3.78. The van der Waals surface area contributed by atoms with E-state index in [0.29, 0.717) is 0 Å². The highest BCUT2D eigenvalue weighted by atomic mass is 35.5. The summed E-state index contributed by atoms with van der Waals surface area (Å²) in [5.41, 5.74) is 6.15. The van der Waals surface area contributed by atoms with Crippen LogP contribution >= 0.6 is 23.2 Å². The van der Waals surface area contributed by atoms with Crippen molar-refractivity contribution in [2.75, 3.05) is 11.1 Å². The Balaban J connectivity index is 2.28. The number of nitrogens with one attached hydrogen (secondary N) is 1. The molecule has 0 fully saturated rings. The van der Waals surface area contributed by atoms with Gasteiger partial charge in [0.1, 0.15) is 16.8 Å². The minimum absolute atomic E-state index is 0.0662. The summed E-state index contributed by atoms with van der Waals surface area (Å²) in [5, 5.41) is 2.40. The Hall–Kier alpha value is -1.92. The average molecular weight is 315 g/mol. The van der Waals surface area contributed by atoms with E-state index in [1.807, 2.05) is 0 Å². The highest BCUT2D eigenvalue weighted by Crippen LogP contribution is 2.19. The molecule has 1 aromatic carbocycles. The molecule has 1 heterocycles. The molecule has 2 rings (SSSR count). The van der Waals surface area contributed by atoms with Gasteiger partial charge < -0.3 is 11.1 Å². The zero-order valence-electron chi connectivity index (χ0n) is 10.2. The Morgan fingerprint density at radius 2 is 2.00 bits per heavy atom. The molecule has 1 aromatic heterocycles. The summed E-state index contributed by atoms with van der Waals surface area (Å²) in [5.74, 6) is -1.03. The number of halogens is 3. The van der Waals surface area contributed by atoms with Gasteiger partial charge in [-0.05, 0) is 30.7 Å². The SMILES string of the molecule is Cc1c(N)cc(C(=O)Nc2cc(Cl)nc(Cl)n2)cc1F. The van der Waals surface area contributed by atoms with Crippen molar-refractivity contribution in [1.82, 2.24) is 9.97 Å². The molecule has 0 saturated heterocycles. The van der Waals surface area contributed by atoms with E-state index in [0.717, 1.165) is 6.07 Å². The number of nitrogens with two attached hydrogens (primary N) is 1. The number of nitrogens with zero attached hydrogens (tertiary/aromatic N) is 2. The summed E-state index contributed by atoms with van der Waals surface area (Å²) >= 11 is 11.3. The molecule has 0 bridgehead atoms. The molecule has 0 spiro atoms. The molecule has 0 aliphatic carbocycles. The predicted molar refractivity (Wildman–Crippen MR) is 75.6 cm³/mol. The third kappa shape index (κ3) is 3.15. The number of benzene rings is 1. The van der Waals surface area contributed by atoms with Gasteiger partial charge in [-0.2, -0.15) is 0 Å². The third-order valence-corrected chi connectivity index (χ3v) is 2.92. The van der Waals surface area contributed by atoms with Crippen molar-refractivity contribution in [2.45, 2.75) is 6.92 Å². The monoisotopic (exact) mass is 314 g/mol. The highest BCUT2D eigenvalue weighted by molar-refractivity contribution is 6.32. The molecule has 0 saturated carbocycles. The Labute approximate surface area is 123 Å². The lowest BCUT2D eigenvalue weighted by atomic mass is 10.1. The van der Waals surface area contributed by atoms with E-state index in [4.69, 9.17) is 28.9 Å². The van der Waals surface area contributed by atoms with Crippen molar-refractivity contribution < 1.29 is 9.18 Å².